The lowest BCUT2D eigenvalue weighted by Gasteiger charge is -2.34. The zero-order chi connectivity index (χ0) is 24.9. The minimum atomic E-state index is -0.723. The summed E-state index contributed by atoms with van der Waals surface area (Å²) in [6, 6.07) is 16.7. The van der Waals surface area contributed by atoms with Crippen molar-refractivity contribution >= 4 is 6.34 Å². The summed E-state index contributed by atoms with van der Waals surface area (Å²) in [5, 5.41) is 19.7. The Labute approximate surface area is 211 Å². The number of nitrogens with zero attached hydrogens (tertiary/aromatic N) is 4. The average molecular weight is 480 g/mol. The Morgan fingerprint density at radius 1 is 1.11 bits per heavy atom. The molecule has 36 heavy (non-hydrogen) atoms. The first-order valence-electron chi connectivity index (χ1n) is 12.6. The molecule has 1 saturated heterocycles. The van der Waals surface area contributed by atoms with E-state index in [0.29, 0.717) is 17.3 Å². The van der Waals surface area contributed by atoms with Gasteiger partial charge in [-0.15, -0.1) is 0 Å². The smallest absolute Gasteiger partial charge is 0.195 e. The van der Waals surface area contributed by atoms with Gasteiger partial charge in [-0.25, -0.2) is 14.5 Å². The molecule has 2 aromatic carbocycles. The minimum absolute atomic E-state index is 0.153. The molecule has 3 aromatic rings. The van der Waals surface area contributed by atoms with E-state index in [1.165, 1.54) is 30.5 Å². The fourth-order valence-electron chi connectivity index (χ4n) is 5.93. The Morgan fingerprint density at radius 2 is 1.81 bits per heavy atom. The van der Waals surface area contributed by atoms with E-state index in [9.17, 15) is 10.2 Å². The van der Waals surface area contributed by atoms with Crippen molar-refractivity contribution in [2.75, 3.05) is 13.2 Å². The van der Waals surface area contributed by atoms with Crippen molar-refractivity contribution in [3.05, 3.63) is 89.8 Å². The molecule has 1 aliphatic carbocycles. The lowest BCUT2D eigenvalue weighted by molar-refractivity contribution is -0.672. The first-order chi connectivity index (χ1) is 17.4. The van der Waals surface area contributed by atoms with Gasteiger partial charge in [-0.05, 0) is 48.6 Å². The van der Waals surface area contributed by atoms with E-state index in [2.05, 4.69) is 77.7 Å². The van der Waals surface area contributed by atoms with Crippen molar-refractivity contribution < 1.29 is 14.7 Å². The maximum absolute atomic E-state index is 9.88. The van der Waals surface area contributed by atoms with E-state index in [1.54, 1.807) is 23.9 Å². The van der Waals surface area contributed by atoms with Gasteiger partial charge in [0.1, 0.15) is 30.7 Å². The zero-order valence-corrected chi connectivity index (χ0v) is 20.7. The van der Waals surface area contributed by atoms with Gasteiger partial charge in [-0.1, -0.05) is 48.2 Å². The normalized spacial score (nSPS) is 27.3. The maximum atomic E-state index is 9.88. The molecule has 6 rings (SSSR count). The van der Waals surface area contributed by atoms with Crippen LogP contribution in [0.3, 0.4) is 0 Å². The van der Waals surface area contributed by atoms with Crippen molar-refractivity contribution in [3.63, 3.8) is 0 Å². The summed E-state index contributed by atoms with van der Waals surface area (Å²) in [7, 11) is 0. The van der Waals surface area contributed by atoms with Gasteiger partial charge in [0.25, 0.3) is 0 Å². The van der Waals surface area contributed by atoms with Crippen LogP contribution in [-0.2, 0) is 0 Å². The number of benzene rings is 2. The van der Waals surface area contributed by atoms with Gasteiger partial charge in [0.05, 0.1) is 12.3 Å². The van der Waals surface area contributed by atoms with Crippen molar-refractivity contribution in [3.8, 4) is 23.0 Å². The summed E-state index contributed by atoms with van der Waals surface area (Å²) < 4.78 is 2.70. The highest BCUT2D eigenvalue weighted by Gasteiger charge is 2.75. The van der Waals surface area contributed by atoms with Crippen LogP contribution >= 0.6 is 0 Å². The molecule has 1 unspecified atom stereocenters. The number of rotatable bonds is 5. The molecule has 2 aliphatic heterocycles. The lowest BCUT2D eigenvalue weighted by atomic mass is 9.70. The quantitative estimate of drug-likeness (QED) is 0.321. The summed E-state index contributed by atoms with van der Waals surface area (Å²) in [5.74, 6) is 7.39. The molecule has 1 aromatic heterocycles. The Kier molecular flexibility index (Phi) is 5.45. The molecule has 3 atom stereocenters. The third-order valence-corrected chi connectivity index (χ3v) is 8.04. The SMILES string of the molecule is CC1=C[N+]2(C=N1)CC21CC(c2ccc(-c3ccc(C#C[C@@H](CO)n4ccnc4[C@H](C)O)cc3)cc2)C1. The second-order valence-corrected chi connectivity index (χ2v) is 10.5. The van der Waals surface area contributed by atoms with Crippen LogP contribution in [0.25, 0.3) is 11.1 Å². The van der Waals surface area contributed by atoms with Crippen LogP contribution in [0.1, 0.15) is 61.7 Å². The predicted octanol–water partition coefficient (Wildman–Crippen LogP) is 4.54. The number of aliphatic imine (C=N–C) groups is 1. The second-order valence-electron chi connectivity index (χ2n) is 10.5. The molecule has 2 fully saturated rings. The van der Waals surface area contributed by atoms with E-state index in [4.69, 9.17) is 0 Å². The molecule has 0 bridgehead atoms. The number of hydrogen-bond acceptors (Lipinski definition) is 4. The second kappa shape index (κ2) is 8.56. The lowest BCUT2D eigenvalue weighted by Crippen LogP contribution is -2.40. The van der Waals surface area contributed by atoms with Crippen LogP contribution in [0.2, 0.25) is 0 Å². The van der Waals surface area contributed by atoms with E-state index in [1.807, 2.05) is 12.1 Å². The van der Waals surface area contributed by atoms with Crippen LogP contribution in [0.5, 0.6) is 0 Å². The zero-order valence-electron chi connectivity index (χ0n) is 20.7. The highest BCUT2D eigenvalue weighted by atomic mass is 16.3. The number of aliphatic hydroxyl groups is 2. The van der Waals surface area contributed by atoms with Gasteiger partial charge in [0.2, 0.25) is 0 Å². The molecular weight excluding hydrogens is 448 g/mol. The Bertz CT molecular complexity index is 1400. The van der Waals surface area contributed by atoms with Crippen molar-refractivity contribution in [2.24, 2.45) is 4.99 Å². The Balaban J connectivity index is 1.10. The highest BCUT2D eigenvalue weighted by Crippen LogP contribution is 2.62. The molecule has 0 radical (unpaired) electrons. The molecule has 0 amide bonds. The number of quaternary nitrogens is 1. The number of hydrogen-bond donors (Lipinski definition) is 2. The maximum Gasteiger partial charge on any atom is 0.195 e. The number of imidazole rings is 1. The fourth-order valence-corrected chi connectivity index (χ4v) is 5.93. The van der Waals surface area contributed by atoms with Crippen LogP contribution in [0.4, 0.5) is 0 Å². The van der Waals surface area contributed by atoms with Crippen LogP contribution in [0.15, 0.2) is 77.8 Å². The number of fused-ring (bicyclic) bond motifs is 1. The molecule has 2 N–H and O–H groups in total. The molecule has 3 aliphatic rings. The Hall–Kier alpha value is -3.50. The third-order valence-electron chi connectivity index (χ3n) is 8.04. The van der Waals surface area contributed by atoms with Crippen LogP contribution < -0.4 is 0 Å². The highest BCUT2D eigenvalue weighted by molar-refractivity contribution is 5.65. The van der Waals surface area contributed by atoms with Gasteiger partial charge < -0.3 is 14.8 Å². The van der Waals surface area contributed by atoms with E-state index in [-0.39, 0.29) is 6.61 Å². The Morgan fingerprint density at radius 3 is 2.42 bits per heavy atom. The predicted molar refractivity (Wildman–Crippen MR) is 140 cm³/mol. The third kappa shape index (κ3) is 3.81. The molecule has 6 nitrogen and oxygen atoms in total. The van der Waals surface area contributed by atoms with Crippen molar-refractivity contribution in [2.45, 2.75) is 50.3 Å². The van der Waals surface area contributed by atoms with Gasteiger partial charge in [-0.2, -0.15) is 0 Å². The summed E-state index contributed by atoms with van der Waals surface area (Å²) >= 11 is 0. The first-order valence-corrected chi connectivity index (χ1v) is 12.6. The number of allylic oxidation sites excluding steroid dienone is 1. The van der Waals surface area contributed by atoms with Crippen molar-refractivity contribution in [1.29, 1.82) is 0 Å². The summed E-state index contributed by atoms with van der Waals surface area (Å²) in [5.41, 5.74) is 6.21. The van der Waals surface area contributed by atoms with Gasteiger partial charge in [0.15, 0.2) is 11.9 Å². The average Bonchev–Trinajstić information content (AvgIpc) is 3.13. The van der Waals surface area contributed by atoms with Gasteiger partial charge >= 0.3 is 0 Å². The molecule has 2 spiro atoms. The van der Waals surface area contributed by atoms with Gasteiger partial charge in [0, 0.05) is 30.8 Å². The van der Waals surface area contributed by atoms with E-state index in [0.717, 1.165) is 21.3 Å². The number of aliphatic hydroxyl groups excluding tert-OH is 2. The molecule has 6 heteroatoms. The van der Waals surface area contributed by atoms with Gasteiger partial charge in [-0.3, -0.25) is 0 Å². The first kappa shape index (κ1) is 22.9. The topological polar surface area (TPSA) is 70.6 Å². The standard InChI is InChI=1S/C30H31N4O2/c1-21-17-34(20-32-21)19-30(34)15-27(16-30)26-10-8-25(9-11-26)24-6-3-23(4-7-24)5-12-28(18-35)33-14-13-31-29(33)22(2)36/h3-4,6-11,13-14,17,20,22,27-28,35-36H,15-16,18-19H2,1-2H3/q+1/t22-,27?,28-,30?,34?/m0/s1. The molecule has 3 heterocycles. The monoisotopic (exact) mass is 479 g/mol. The fraction of sp³-hybridized carbons (Fsp3) is 0.333. The van der Waals surface area contributed by atoms with Crippen molar-refractivity contribution in [1.82, 2.24) is 9.55 Å². The van der Waals surface area contributed by atoms with E-state index >= 15 is 0 Å². The molecular formula is C30H31N4O2+. The summed E-state index contributed by atoms with van der Waals surface area (Å²) in [6.45, 7) is 4.80. The minimum Gasteiger partial charge on any atom is -0.393 e. The summed E-state index contributed by atoms with van der Waals surface area (Å²) in [4.78, 5) is 8.67. The number of aromatic nitrogens is 2. The van der Waals surface area contributed by atoms with E-state index < -0.39 is 12.1 Å². The largest absolute Gasteiger partial charge is 0.393 e. The molecule has 182 valence electrons. The molecule has 1 saturated carbocycles. The summed E-state index contributed by atoms with van der Waals surface area (Å²) in [6.07, 6.45) is 9.55. The van der Waals surface area contributed by atoms with Crippen LogP contribution in [0, 0.1) is 11.8 Å². The van der Waals surface area contributed by atoms with Crippen LogP contribution in [-0.4, -0.2) is 49.3 Å².